The third kappa shape index (κ3) is 5.35. The van der Waals surface area contributed by atoms with E-state index in [1.165, 1.54) is 12.1 Å². The number of carbonyl (C=O) groups excluding carboxylic acids is 1. The molecule has 176 valence electrons. The maximum Gasteiger partial charge on any atom is 0.337 e. The molecule has 7 nitrogen and oxygen atoms in total. The van der Waals surface area contributed by atoms with Crippen molar-refractivity contribution in [1.82, 2.24) is 10.3 Å². The van der Waals surface area contributed by atoms with Gasteiger partial charge in [0, 0.05) is 41.2 Å². The van der Waals surface area contributed by atoms with Crippen LogP contribution < -0.4 is 5.32 Å². The predicted octanol–water partition coefficient (Wildman–Crippen LogP) is 5.64. The number of pyridine rings is 1. The minimum Gasteiger partial charge on any atom is -0.458 e. The van der Waals surface area contributed by atoms with E-state index in [0.717, 1.165) is 16.8 Å². The topological polar surface area (TPSA) is 94.4 Å². The Bertz CT molecular complexity index is 1330. The Labute approximate surface area is 203 Å². The Morgan fingerprint density at radius 1 is 1.06 bits per heavy atom. The number of nitro benzene ring substituents is 1. The molecule has 0 spiro atoms. The minimum absolute atomic E-state index is 0.0461. The number of rotatable bonds is 7. The number of carbonyl (C=O) groups is 1. The van der Waals surface area contributed by atoms with Gasteiger partial charge in [0.1, 0.15) is 6.61 Å². The number of esters is 1. The smallest absolute Gasteiger partial charge is 0.337 e. The van der Waals surface area contributed by atoms with Crippen molar-refractivity contribution in [2.24, 2.45) is 0 Å². The summed E-state index contributed by atoms with van der Waals surface area (Å²) in [6.07, 6.45) is 5.34. The van der Waals surface area contributed by atoms with Crippen LogP contribution in [0.5, 0.6) is 0 Å². The third-order valence-corrected chi connectivity index (χ3v) is 5.76. The molecule has 0 saturated carbocycles. The van der Waals surface area contributed by atoms with Crippen molar-refractivity contribution in [2.45, 2.75) is 19.8 Å². The lowest BCUT2D eigenvalue weighted by Gasteiger charge is -2.31. The Balaban J connectivity index is 1.70. The Morgan fingerprint density at radius 2 is 1.83 bits per heavy atom. The molecule has 0 fully saturated rings. The molecular weight excluding hydrogens is 442 g/mol. The van der Waals surface area contributed by atoms with Gasteiger partial charge < -0.3 is 10.1 Å². The summed E-state index contributed by atoms with van der Waals surface area (Å²) in [6.45, 7) is 3.80. The van der Waals surface area contributed by atoms with E-state index in [9.17, 15) is 14.9 Å². The molecule has 1 unspecified atom stereocenters. The van der Waals surface area contributed by atoms with Gasteiger partial charge in [0.2, 0.25) is 0 Å². The lowest BCUT2D eigenvalue weighted by Crippen LogP contribution is -2.29. The largest absolute Gasteiger partial charge is 0.458 e. The highest BCUT2D eigenvalue weighted by molar-refractivity contribution is 5.97. The standard InChI is InChI=1S/C28H25N3O4/c1-19-25(24-15-6-7-16-29-24)27(22-13-8-14-23(18-22)31(33)34)26(20(2)30-19)28(32)35-17-9-12-21-10-4-3-5-11-21/h3-16,18,27,30H,17H2,1-2H3/b12-9-. The average Bonchev–Trinajstić information content (AvgIpc) is 2.87. The van der Waals surface area contributed by atoms with E-state index in [4.69, 9.17) is 4.74 Å². The summed E-state index contributed by atoms with van der Waals surface area (Å²) in [4.78, 5) is 28.9. The van der Waals surface area contributed by atoms with Gasteiger partial charge in [-0.25, -0.2) is 4.79 Å². The maximum atomic E-state index is 13.4. The quantitative estimate of drug-likeness (QED) is 0.275. The fraction of sp³-hybridized carbons (Fsp3) is 0.143. The van der Waals surface area contributed by atoms with Gasteiger partial charge in [-0.05, 0) is 43.2 Å². The molecule has 2 heterocycles. The summed E-state index contributed by atoms with van der Waals surface area (Å²) in [6, 6.07) is 21.6. The van der Waals surface area contributed by atoms with E-state index in [-0.39, 0.29) is 12.3 Å². The van der Waals surface area contributed by atoms with Crippen LogP contribution in [0.3, 0.4) is 0 Å². The molecule has 0 saturated heterocycles. The SMILES string of the molecule is CC1=C(C(=O)OC/C=C\c2ccccc2)C(c2cccc([N+](=O)[O-])c2)C(c2ccccn2)=C(C)N1. The maximum absolute atomic E-state index is 13.4. The van der Waals surface area contributed by atoms with Crippen LogP contribution in [-0.2, 0) is 9.53 Å². The highest BCUT2D eigenvalue weighted by Crippen LogP contribution is 2.43. The van der Waals surface area contributed by atoms with Gasteiger partial charge in [-0.3, -0.25) is 15.1 Å². The van der Waals surface area contributed by atoms with E-state index in [2.05, 4.69) is 10.3 Å². The zero-order chi connectivity index (χ0) is 24.8. The van der Waals surface area contributed by atoms with Crippen molar-refractivity contribution in [3.63, 3.8) is 0 Å². The number of nitrogens with zero attached hydrogens (tertiary/aromatic N) is 2. The fourth-order valence-electron chi connectivity index (χ4n) is 4.23. The summed E-state index contributed by atoms with van der Waals surface area (Å²) < 4.78 is 5.62. The second-order valence-electron chi connectivity index (χ2n) is 8.11. The number of hydrogen-bond acceptors (Lipinski definition) is 6. The zero-order valence-corrected chi connectivity index (χ0v) is 19.5. The van der Waals surface area contributed by atoms with Gasteiger partial charge in [-0.2, -0.15) is 0 Å². The van der Waals surface area contributed by atoms with Crippen LogP contribution in [-0.4, -0.2) is 22.5 Å². The molecule has 2 aromatic carbocycles. The molecule has 4 rings (SSSR count). The van der Waals surface area contributed by atoms with Gasteiger partial charge in [0.15, 0.2) is 0 Å². The summed E-state index contributed by atoms with van der Waals surface area (Å²) >= 11 is 0. The summed E-state index contributed by atoms with van der Waals surface area (Å²) in [5.41, 5.74) is 4.86. The number of allylic oxidation sites excluding steroid dienone is 3. The van der Waals surface area contributed by atoms with Gasteiger partial charge in [-0.1, -0.05) is 54.6 Å². The fourth-order valence-corrected chi connectivity index (χ4v) is 4.23. The number of nitro groups is 1. The number of hydrogen-bond donors (Lipinski definition) is 1. The van der Waals surface area contributed by atoms with Crippen LogP contribution in [0, 0.1) is 10.1 Å². The zero-order valence-electron chi connectivity index (χ0n) is 19.5. The highest BCUT2D eigenvalue weighted by Gasteiger charge is 2.35. The van der Waals surface area contributed by atoms with Crippen molar-refractivity contribution in [3.05, 3.63) is 129 Å². The number of benzene rings is 2. The Morgan fingerprint density at radius 3 is 2.54 bits per heavy atom. The van der Waals surface area contributed by atoms with Crippen molar-refractivity contribution < 1.29 is 14.5 Å². The molecule has 1 aromatic heterocycles. The average molecular weight is 468 g/mol. The number of aromatic nitrogens is 1. The second kappa shape index (κ2) is 10.6. The van der Waals surface area contributed by atoms with Crippen LogP contribution in [0.1, 0.15) is 36.6 Å². The molecule has 1 N–H and O–H groups in total. The molecule has 1 aliphatic rings. The van der Waals surface area contributed by atoms with Gasteiger partial charge >= 0.3 is 5.97 Å². The summed E-state index contributed by atoms with van der Waals surface area (Å²) in [7, 11) is 0. The number of non-ortho nitro benzene ring substituents is 1. The monoisotopic (exact) mass is 467 g/mol. The Hall–Kier alpha value is -4.52. The normalized spacial score (nSPS) is 15.8. The van der Waals surface area contributed by atoms with E-state index in [1.54, 1.807) is 31.3 Å². The lowest BCUT2D eigenvalue weighted by molar-refractivity contribution is -0.384. The summed E-state index contributed by atoms with van der Waals surface area (Å²) in [5.74, 6) is -1.08. The molecule has 7 heteroatoms. The third-order valence-electron chi connectivity index (χ3n) is 5.76. The molecule has 0 radical (unpaired) electrons. The van der Waals surface area contributed by atoms with Crippen LogP contribution in [0.15, 0.2) is 102 Å². The number of dihydropyridines is 1. The van der Waals surface area contributed by atoms with Crippen LogP contribution in [0.2, 0.25) is 0 Å². The lowest BCUT2D eigenvalue weighted by atomic mass is 9.79. The molecule has 0 aliphatic carbocycles. The molecular formula is C28H25N3O4. The predicted molar refractivity (Wildman–Crippen MR) is 135 cm³/mol. The van der Waals surface area contributed by atoms with E-state index < -0.39 is 16.8 Å². The first-order chi connectivity index (χ1) is 17.0. The van der Waals surface area contributed by atoms with Crippen molar-refractivity contribution in [3.8, 4) is 0 Å². The Kier molecular flexibility index (Phi) is 7.16. The van der Waals surface area contributed by atoms with Crippen molar-refractivity contribution in [1.29, 1.82) is 0 Å². The molecule has 3 aromatic rings. The van der Waals surface area contributed by atoms with Crippen LogP contribution in [0.4, 0.5) is 5.69 Å². The molecule has 35 heavy (non-hydrogen) atoms. The molecule has 0 amide bonds. The van der Waals surface area contributed by atoms with E-state index in [1.807, 2.05) is 61.5 Å². The molecule has 0 bridgehead atoms. The van der Waals surface area contributed by atoms with E-state index in [0.29, 0.717) is 22.5 Å². The number of ether oxygens (including phenoxy) is 1. The van der Waals surface area contributed by atoms with Gasteiger partial charge in [-0.15, -0.1) is 0 Å². The van der Waals surface area contributed by atoms with Crippen molar-refractivity contribution >= 4 is 23.3 Å². The van der Waals surface area contributed by atoms with Crippen molar-refractivity contribution in [2.75, 3.05) is 6.61 Å². The highest BCUT2D eigenvalue weighted by atomic mass is 16.6. The number of nitrogens with one attached hydrogen (secondary N) is 1. The first kappa shape index (κ1) is 23.6. The minimum atomic E-state index is -0.586. The van der Waals surface area contributed by atoms with Gasteiger partial charge in [0.05, 0.1) is 16.2 Å². The molecule has 1 atom stereocenters. The van der Waals surface area contributed by atoms with Gasteiger partial charge in [0.25, 0.3) is 5.69 Å². The second-order valence-corrected chi connectivity index (χ2v) is 8.11. The molecule has 1 aliphatic heterocycles. The summed E-state index contributed by atoms with van der Waals surface area (Å²) in [5, 5.41) is 14.8. The van der Waals surface area contributed by atoms with E-state index >= 15 is 0 Å². The van der Waals surface area contributed by atoms with Crippen LogP contribution >= 0.6 is 0 Å². The first-order valence-corrected chi connectivity index (χ1v) is 11.2. The van der Waals surface area contributed by atoms with Crippen LogP contribution in [0.25, 0.3) is 11.6 Å². The first-order valence-electron chi connectivity index (χ1n) is 11.2.